The minimum absolute atomic E-state index is 0.653. The summed E-state index contributed by atoms with van der Waals surface area (Å²) < 4.78 is 1.13. The highest BCUT2D eigenvalue weighted by atomic mass is 127. The van der Waals surface area contributed by atoms with E-state index < -0.39 is 0 Å². The van der Waals surface area contributed by atoms with Crippen LogP contribution in [0.3, 0.4) is 0 Å². The predicted molar refractivity (Wildman–Crippen MR) is 100 cm³/mol. The fraction of sp³-hybridized carbons (Fsp3) is 0.111. The van der Waals surface area contributed by atoms with Crippen LogP contribution in [-0.2, 0) is 0 Å². The Morgan fingerprint density at radius 1 is 1.09 bits per heavy atom. The molecule has 0 unspecified atom stereocenters. The Labute approximate surface area is 143 Å². The molecule has 22 heavy (non-hydrogen) atoms. The summed E-state index contributed by atoms with van der Waals surface area (Å²) >= 11 is 2.32. The van der Waals surface area contributed by atoms with Crippen LogP contribution in [0.15, 0.2) is 48.7 Å². The lowest BCUT2D eigenvalue weighted by Crippen LogP contribution is -2.11. The molecular weight excluding hydrogens is 385 g/mol. The Balaban J connectivity index is 2.27. The van der Waals surface area contributed by atoms with E-state index in [4.69, 9.17) is 6.57 Å². The van der Waals surface area contributed by atoms with Gasteiger partial charge in [0.25, 0.3) is 0 Å². The van der Waals surface area contributed by atoms with Gasteiger partial charge in [0.1, 0.15) is 0 Å². The fourth-order valence-corrected chi connectivity index (χ4v) is 3.50. The highest BCUT2D eigenvalue weighted by molar-refractivity contribution is 14.1. The normalized spacial score (nSPS) is 10.5. The average molecular weight is 399 g/mol. The number of para-hydroxylation sites is 1. The molecule has 3 aromatic rings. The number of benzene rings is 2. The molecule has 1 aromatic heterocycles. The van der Waals surface area contributed by atoms with Gasteiger partial charge in [-0.3, -0.25) is 4.98 Å². The molecule has 0 aliphatic carbocycles. The van der Waals surface area contributed by atoms with E-state index in [1.54, 1.807) is 0 Å². The Kier molecular flexibility index (Phi) is 3.99. The number of halogens is 1. The van der Waals surface area contributed by atoms with Gasteiger partial charge in [0.15, 0.2) is 5.69 Å². The molecule has 0 aliphatic rings. The van der Waals surface area contributed by atoms with Crippen LogP contribution in [0.4, 0.5) is 11.4 Å². The zero-order chi connectivity index (χ0) is 15.7. The van der Waals surface area contributed by atoms with Crippen molar-refractivity contribution in [3.05, 3.63) is 63.6 Å². The van der Waals surface area contributed by atoms with E-state index in [0.717, 1.165) is 25.6 Å². The fourth-order valence-electron chi connectivity index (χ4n) is 2.59. The van der Waals surface area contributed by atoms with Crippen molar-refractivity contribution in [3.63, 3.8) is 0 Å². The van der Waals surface area contributed by atoms with Crippen molar-refractivity contribution in [2.75, 3.05) is 19.0 Å². The number of rotatable bonds is 2. The van der Waals surface area contributed by atoms with Crippen LogP contribution in [0.25, 0.3) is 26.9 Å². The maximum atomic E-state index is 7.06. The third-order valence-corrected chi connectivity index (χ3v) is 4.37. The van der Waals surface area contributed by atoms with Crippen molar-refractivity contribution < 1.29 is 0 Å². The Hall–Kier alpha value is -2.13. The topological polar surface area (TPSA) is 20.5 Å². The molecule has 0 radical (unpaired) electrons. The number of fused-ring (bicyclic) bond motifs is 1. The molecule has 0 amide bonds. The van der Waals surface area contributed by atoms with Gasteiger partial charge in [-0.25, -0.2) is 4.85 Å². The molecule has 3 nitrogen and oxygen atoms in total. The van der Waals surface area contributed by atoms with Gasteiger partial charge >= 0.3 is 0 Å². The molecule has 0 fully saturated rings. The van der Waals surface area contributed by atoms with E-state index in [-0.39, 0.29) is 0 Å². The molecule has 0 bridgehead atoms. The summed E-state index contributed by atoms with van der Waals surface area (Å²) in [4.78, 5) is 10.2. The number of hydrogen-bond donors (Lipinski definition) is 0. The number of hydrogen-bond acceptors (Lipinski definition) is 2. The van der Waals surface area contributed by atoms with Crippen molar-refractivity contribution in [1.29, 1.82) is 0 Å². The van der Waals surface area contributed by atoms with E-state index in [0.29, 0.717) is 5.69 Å². The molecule has 3 rings (SSSR count). The van der Waals surface area contributed by atoms with Gasteiger partial charge < -0.3 is 4.90 Å². The second-order valence-corrected chi connectivity index (χ2v) is 6.37. The third kappa shape index (κ3) is 2.53. The second kappa shape index (κ2) is 5.93. The number of pyridine rings is 1. The highest BCUT2D eigenvalue weighted by Gasteiger charge is 2.12. The van der Waals surface area contributed by atoms with Crippen LogP contribution in [-0.4, -0.2) is 19.1 Å². The summed E-state index contributed by atoms with van der Waals surface area (Å²) in [6, 6.07) is 13.9. The molecule has 2 aromatic carbocycles. The summed E-state index contributed by atoms with van der Waals surface area (Å²) in [6.07, 6.45) is 1.91. The predicted octanol–water partition coefficient (Wildman–Crippen LogP) is 5.12. The Morgan fingerprint density at radius 3 is 2.45 bits per heavy atom. The van der Waals surface area contributed by atoms with Crippen molar-refractivity contribution in [3.8, 4) is 11.1 Å². The minimum atomic E-state index is 0.653. The zero-order valence-electron chi connectivity index (χ0n) is 12.3. The van der Waals surface area contributed by atoms with Gasteiger partial charge in [0, 0.05) is 31.2 Å². The first-order chi connectivity index (χ1) is 10.6. The first-order valence-electron chi connectivity index (χ1n) is 6.84. The first-order valence-corrected chi connectivity index (χ1v) is 7.92. The smallest absolute Gasteiger partial charge is 0.187 e. The lowest BCUT2D eigenvalue weighted by molar-refractivity contribution is 1.13. The van der Waals surface area contributed by atoms with Crippen molar-refractivity contribution in [2.45, 2.75) is 0 Å². The SMILES string of the molecule is [C-]#[N+]c1ccc(-c2cccc3c(N(C)C)c(I)cnc23)cc1. The summed E-state index contributed by atoms with van der Waals surface area (Å²) in [5.41, 5.74) is 5.00. The molecule has 0 atom stereocenters. The van der Waals surface area contributed by atoms with Gasteiger partial charge in [-0.15, -0.1) is 0 Å². The summed E-state index contributed by atoms with van der Waals surface area (Å²) in [5, 5.41) is 1.14. The molecule has 0 aliphatic heterocycles. The largest absolute Gasteiger partial charge is 0.376 e. The average Bonchev–Trinajstić information content (AvgIpc) is 2.53. The summed E-state index contributed by atoms with van der Waals surface area (Å²) in [7, 11) is 4.10. The van der Waals surface area contributed by atoms with Crippen LogP contribution < -0.4 is 4.90 Å². The summed E-state index contributed by atoms with van der Waals surface area (Å²) in [6.45, 7) is 7.06. The number of nitrogens with zero attached hydrogens (tertiary/aromatic N) is 3. The number of aromatic nitrogens is 1. The first kappa shape index (κ1) is 14.8. The van der Waals surface area contributed by atoms with Gasteiger partial charge in [0.05, 0.1) is 21.3 Å². The lowest BCUT2D eigenvalue weighted by atomic mass is 10.0. The van der Waals surface area contributed by atoms with Crippen LogP contribution in [0.2, 0.25) is 0 Å². The van der Waals surface area contributed by atoms with Crippen LogP contribution in [0.5, 0.6) is 0 Å². The molecule has 108 valence electrons. The molecule has 1 heterocycles. The van der Waals surface area contributed by atoms with E-state index in [1.807, 2.05) is 44.6 Å². The molecule has 4 heteroatoms. The van der Waals surface area contributed by atoms with E-state index in [2.05, 4.69) is 55.5 Å². The zero-order valence-corrected chi connectivity index (χ0v) is 14.5. The lowest BCUT2D eigenvalue weighted by Gasteiger charge is -2.18. The molecule has 0 saturated heterocycles. The van der Waals surface area contributed by atoms with Crippen LogP contribution >= 0.6 is 22.6 Å². The Morgan fingerprint density at radius 2 is 1.82 bits per heavy atom. The van der Waals surface area contributed by atoms with Gasteiger partial charge in [-0.1, -0.05) is 42.5 Å². The Bertz CT molecular complexity index is 877. The second-order valence-electron chi connectivity index (χ2n) is 5.21. The molecular formula is C18H14IN3. The van der Waals surface area contributed by atoms with E-state index in [9.17, 15) is 0 Å². The van der Waals surface area contributed by atoms with Crippen LogP contribution in [0.1, 0.15) is 0 Å². The number of anilines is 1. The van der Waals surface area contributed by atoms with Crippen molar-refractivity contribution >= 4 is 44.9 Å². The van der Waals surface area contributed by atoms with Gasteiger partial charge in [0.2, 0.25) is 0 Å². The standard InChI is InChI=1S/C18H14IN3/c1-20-13-9-7-12(8-10-13)14-5-4-6-15-17(14)21-11-16(19)18(15)22(2)3/h4-11H,2-3H3. The van der Waals surface area contributed by atoms with E-state index in [1.165, 1.54) is 5.69 Å². The minimum Gasteiger partial charge on any atom is -0.376 e. The third-order valence-electron chi connectivity index (χ3n) is 3.58. The maximum absolute atomic E-state index is 7.06. The van der Waals surface area contributed by atoms with Gasteiger partial charge in [-0.05, 0) is 28.2 Å². The van der Waals surface area contributed by atoms with Crippen LogP contribution in [0, 0.1) is 10.1 Å². The van der Waals surface area contributed by atoms with E-state index >= 15 is 0 Å². The molecule has 0 N–H and O–H groups in total. The van der Waals surface area contributed by atoms with Crippen molar-refractivity contribution in [2.24, 2.45) is 0 Å². The summed E-state index contributed by atoms with van der Waals surface area (Å²) in [5.74, 6) is 0. The van der Waals surface area contributed by atoms with Crippen molar-refractivity contribution in [1.82, 2.24) is 4.98 Å². The highest BCUT2D eigenvalue weighted by Crippen LogP contribution is 2.35. The maximum Gasteiger partial charge on any atom is 0.187 e. The molecule has 0 spiro atoms. The van der Waals surface area contributed by atoms with Gasteiger partial charge in [-0.2, -0.15) is 0 Å². The monoisotopic (exact) mass is 399 g/mol. The molecule has 0 saturated carbocycles. The quantitative estimate of drug-likeness (QED) is 0.440.